The maximum absolute atomic E-state index is 12.6. The molecule has 2 N–H and O–H groups in total. The molecule has 0 unspecified atom stereocenters. The maximum Gasteiger partial charge on any atom is 0.417 e. The molecule has 0 fully saturated rings. The van der Waals surface area contributed by atoms with Gasteiger partial charge in [0.1, 0.15) is 17.2 Å². The van der Waals surface area contributed by atoms with Gasteiger partial charge in [0.25, 0.3) is 5.56 Å². The van der Waals surface area contributed by atoms with E-state index in [9.17, 15) is 19.6 Å². The first kappa shape index (κ1) is 25.1. The van der Waals surface area contributed by atoms with E-state index >= 15 is 0 Å². The number of pyridine rings is 1. The molecular weight excluding hydrogens is 522 g/mol. The van der Waals surface area contributed by atoms with Gasteiger partial charge in [0.2, 0.25) is 0 Å². The number of ether oxygens (including phenoxy) is 2. The van der Waals surface area contributed by atoms with Crippen LogP contribution in [0.5, 0.6) is 17.2 Å². The van der Waals surface area contributed by atoms with Crippen molar-refractivity contribution in [2.75, 3.05) is 5.32 Å². The fourth-order valence-corrected chi connectivity index (χ4v) is 4.36. The average molecular weight is 542 g/mol. The summed E-state index contributed by atoms with van der Waals surface area (Å²) in [5, 5.41) is 12.8. The van der Waals surface area contributed by atoms with Crippen LogP contribution in [0.4, 0.5) is 10.5 Å². The van der Waals surface area contributed by atoms with Gasteiger partial charge in [-0.15, -0.1) is 0 Å². The molecule has 0 aromatic heterocycles. The summed E-state index contributed by atoms with van der Waals surface area (Å²) < 4.78 is 12.9. The number of rotatable bonds is 5. The number of nitrogens with zero attached hydrogens (tertiary/aromatic N) is 3. The van der Waals surface area contributed by atoms with E-state index < -0.39 is 17.3 Å². The number of amides is 1. The number of nitrogens with one attached hydrogen (secondary N) is 2. The minimum absolute atomic E-state index is 0.170. The van der Waals surface area contributed by atoms with Gasteiger partial charge < -0.3 is 9.47 Å². The zero-order chi connectivity index (χ0) is 28.3. The Morgan fingerprint density at radius 3 is 2.27 bits per heavy atom. The van der Waals surface area contributed by atoms with Crippen LogP contribution in [0.1, 0.15) is 5.56 Å². The molecule has 0 saturated carbocycles. The van der Waals surface area contributed by atoms with Gasteiger partial charge in [0.15, 0.2) is 5.82 Å². The Hall–Kier alpha value is -6.21. The third-order valence-corrected chi connectivity index (χ3v) is 6.21. The fraction of sp³-hybridized carbons (Fsp3) is 0. The molecule has 0 bridgehead atoms. The van der Waals surface area contributed by atoms with Crippen LogP contribution in [-0.4, -0.2) is 20.6 Å². The second kappa shape index (κ2) is 10.5. The Bertz CT molecular complexity index is 2030. The molecular formula is C31H19N5O5. The number of H-pyrrole nitrogens is 1. The summed E-state index contributed by atoms with van der Waals surface area (Å²) in [6.07, 6.45) is -0.610. The van der Waals surface area contributed by atoms with Gasteiger partial charge >= 0.3 is 11.8 Å². The lowest BCUT2D eigenvalue weighted by molar-refractivity contribution is 0.215. The van der Waals surface area contributed by atoms with Gasteiger partial charge in [0, 0.05) is 11.4 Å². The topological polar surface area (TPSA) is 139 Å². The Labute approximate surface area is 232 Å². The molecule has 1 amide bonds. The highest BCUT2D eigenvalue weighted by atomic mass is 16.6. The van der Waals surface area contributed by atoms with Crippen molar-refractivity contribution in [1.29, 1.82) is 5.26 Å². The van der Waals surface area contributed by atoms with Crippen LogP contribution in [0.2, 0.25) is 0 Å². The number of aromatic amines is 1. The highest BCUT2D eigenvalue weighted by Crippen LogP contribution is 2.30. The molecule has 0 atom stereocenters. The molecule has 0 saturated heterocycles. The molecule has 10 heteroatoms. The number of carbonyl (C=O) groups is 1. The Balaban J connectivity index is 1.25. The van der Waals surface area contributed by atoms with Gasteiger partial charge in [-0.05, 0) is 84.2 Å². The second-order valence-electron chi connectivity index (χ2n) is 8.92. The van der Waals surface area contributed by atoms with Crippen LogP contribution in [0.15, 0.2) is 113 Å². The molecule has 0 aliphatic carbocycles. The lowest BCUT2D eigenvalue weighted by Crippen LogP contribution is -2.27. The quantitative estimate of drug-likeness (QED) is 0.277. The first-order valence-electron chi connectivity index (χ1n) is 12.4. The number of carbonyl (C=O) groups excluding carboxylic acids is 1. The molecule has 41 heavy (non-hydrogen) atoms. The zero-order valence-electron chi connectivity index (χ0n) is 21.2. The van der Waals surface area contributed by atoms with E-state index in [-0.39, 0.29) is 11.4 Å². The molecule has 2 aliphatic rings. The maximum atomic E-state index is 12.6. The van der Waals surface area contributed by atoms with Crippen molar-refractivity contribution in [2.45, 2.75) is 0 Å². The van der Waals surface area contributed by atoms with E-state index in [1.54, 1.807) is 102 Å². The highest BCUT2D eigenvalue weighted by molar-refractivity contribution is 5.88. The molecule has 4 aromatic rings. The number of anilines is 1. The van der Waals surface area contributed by atoms with E-state index in [0.717, 1.165) is 0 Å². The van der Waals surface area contributed by atoms with Gasteiger partial charge in [-0.1, -0.05) is 24.3 Å². The fourth-order valence-electron chi connectivity index (χ4n) is 4.36. The molecule has 0 radical (unpaired) electrons. The molecule has 0 spiro atoms. The Morgan fingerprint density at radius 1 is 0.854 bits per heavy atom. The van der Waals surface area contributed by atoms with E-state index in [4.69, 9.17) is 9.47 Å². The van der Waals surface area contributed by atoms with Crippen LogP contribution < -0.4 is 26.0 Å². The van der Waals surface area contributed by atoms with Crippen molar-refractivity contribution in [3.63, 3.8) is 0 Å². The predicted octanol–water partition coefficient (Wildman–Crippen LogP) is 5.45. The van der Waals surface area contributed by atoms with Crippen molar-refractivity contribution >= 4 is 22.7 Å². The van der Waals surface area contributed by atoms with Crippen molar-refractivity contribution in [3.05, 3.63) is 130 Å². The monoisotopic (exact) mass is 541 g/mol. The number of hydrogen-bond acceptors (Lipinski definition) is 7. The number of para-hydroxylation sites is 1. The number of aromatic nitrogens is 3. The van der Waals surface area contributed by atoms with Gasteiger partial charge in [-0.3, -0.25) is 19.7 Å². The summed E-state index contributed by atoms with van der Waals surface area (Å²) in [6, 6.07) is 31.3. The molecule has 198 valence electrons. The predicted molar refractivity (Wildman–Crippen MR) is 152 cm³/mol. The zero-order valence-corrected chi connectivity index (χ0v) is 21.2. The Kier molecular flexibility index (Phi) is 6.43. The summed E-state index contributed by atoms with van der Waals surface area (Å²) in [5.74, 6) is 1.66. The smallest absolute Gasteiger partial charge is 0.417 e. The second-order valence-corrected chi connectivity index (χ2v) is 8.92. The lowest BCUT2D eigenvalue weighted by Gasteiger charge is -2.18. The third kappa shape index (κ3) is 5.23. The number of hydrogen-bond donors (Lipinski definition) is 2. The van der Waals surface area contributed by atoms with Crippen LogP contribution in [-0.2, 0) is 0 Å². The van der Waals surface area contributed by atoms with E-state index in [1.165, 1.54) is 0 Å². The summed E-state index contributed by atoms with van der Waals surface area (Å²) in [6.45, 7) is 0. The van der Waals surface area contributed by atoms with Crippen LogP contribution >= 0.6 is 0 Å². The van der Waals surface area contributed by atoms with Crippen LogP contribution in [0.3, 0.4) is 0 Å². The van der Waals surface area contributed by atoms with Crippen molar-refractivity contribution in [1.82, 2.24) is 14.5 Å². The molecule has 10 nitrogen and oxygen atoms in total. The summed E-state index contributed by atoms with van der Waals surface area (Å²) >= 11 is 0. The van der Waals surface area contributed by atoms with Gasteiger partial charge in [0.05, 0.1) is 22.7 Å². The highest BCUT2D eigenvalue weighted by Gasteiger charge is 2.18. The average Bonchev–Trinajstić information content (AvgIpc) is 2.98. The molecule has 2 aliphatic heterocycles. The van der Waals surface area contributed by atoms with E-state index in [2.05, 4.69) is 21.4 Å². The van der Waals surface area contributed by atoms with Crippen molar-refractivity contribution in [2.24, 2.45) is 0 Å². The summed E-state index contributed by atoms with van der Waals surface area (Å²) in [5.41, 5.74) is 1.09. The van der Waals surface area contributed by atoms with E-state index in [1.807, 2.05) is 6.07 Å². The summed E-state index contributed by atoms with van der Waals surface area (Å²) in [4.78, 5) is 43.0. The van der Waals surface area contributed by atoms with Crippen LogP contribution in [0.25, 0.3) is 28.0 Å². The normalized spacial score (nSPS) is 10.7. The largest absolute Gasteiger partial charge is 0.457 e. The van der Waals surface area contributed by atoms with Crippen LogP contribution in [0, 0.1) is 11.3 Å². The first-order valence-corrected chi connectivity index (χ1v) is 12.4. The minimum atomic E-state index is -0.766. The van der Waals surface area contributed by atoms with Crippen molar-refractivity contribution in [3.8, 4) is 40.4 Å². The summed E-state index contributed by atoms with van der Waals surface area (Å²) in [7, 11) is 0. The Morgan fingerprint density at radius 2 is 1.56 bits per heavy atom. The molecule has 6 rings (SSSR count). The lowest BCUT2D eigenvalue weighted by atomic mass is 10.1. The van der Waals surface area contributed by atoms with E-state index in [0.29, 0.717) is 45.1 Å². The first-order chi connectivity index (χ1) is 20.0. The number of benzene rings is 4. The number of nitriles is 1. The van der Waals surface area contributed by atoms with Gasteiger partial charge in [-0.25, -0.2) is 9.59 Å². The van der Waals surface area contributed by atoms with Gasteiger partial charge in [-0.2, -0.15) is 10.2 Å². The minimum Gasteiger partial charge on any atom is -0.457 e. The standard InChI is InChI=1S/C31H19N5O5/c32-18-19-6-7-20-17-26-28(34-30(38)35-29(26)37)36(27(20)16-19)22-10-14-25(15-11-22)40-24-12-8-21(9-13-24)33-31(39)41-23-4-2-1-3-5-23/h1-17H,(H,33,39)(H,35,37,38). The van der Waals surface area contributed by atoms with Crippen molar-refractivity contribution < 1.29 is 14.3 Å². The third-order valence-electron chi connectivity index (χ3n) is 6.21. The number of fused-ring (bicyclic) bond motifs is 2. The molecule has 2 heterocycles. The SMILES string of the molecule is N#Cc1ccc2cc3c(=O)[nH]c(=O)nc-3n(-c3ccc(Oc4ccc(NC(=O)Oc5ccccc5)cc4)cc3)c2c1. The molecule has 4 aromatic carbocycles.